The molecule has 0 aliphatic carbocycles. The average Bonchev–Trinajstić information content (AvgIpc) is 3.21. The Labute approximate surface area is 117 Å². The van der Waals surface area contributed by atoms with Gasteiger partial charge in [-0.3, -0.25) is 32.5 Å². The predicted molar refractivity (Wildman–Crippen MR) is 69.6 cm³/mol. The van der Waals surface area contributed by atoms with E-state index in [1.54, 1.807) is 0 Å². The van der Waals surface area contributed by atoms with E-state index < -0.39 is 12.1 Å². The molecule has 0 spiro atoms. The highest BCUT2D eigenvalue weighted by molar-refractivity contribution is 5.66. The van der Waals surface area contributed by atoms with E-state index in [0.717, 1.165) is 6.61 Å². The number of carbonyl (C=O) groups excluding carboxylic acids is 2. The van der Waals surface area contributed by atoms with Crippen molar-refractivity contribution in [2.45, 2.75) is 26.1 Å². The molecule has 2 atom stereocenters. The number of hydrogen-bond acceptors (Lipinski definition) is 10. The molecule has 0 aromatic rings. The molecule has 1 aliphatic heterocycles. The van der Waals surface area contributed by atoms with Gasteiger partial charge in [-0.1, -0.05) is 0 Å². The summed E-state index contributed by atoms with van der Waals surface area (Å²) in [6, 6.07) is 0. The number of hydrogen-bond donors (Lipinski definition) is 5. The minimum Gasteiger partial charge on any atom is -0.463 e. The lowest BCUT2D eigenvalue weighted by Crippen LogP contribution is -2.34. The fraction of sp³-hybridized carbons (Fsp3) is 0.800. The third-order valence-electron chi connectivity index (χ3n) is 1.71. The molecule has 1 fully saturated rings. The van der Waals surface area contributed by atoms with Gasteiger partial charge in [-0.2, -0.15) is 0 Å². The fourth-order valence-electron chi connectivity index (χ4n) is 0.783. The van der Waals surface area contributed by atoms with E-state index >= 15 is 0 Å². The van der Waals surface area contributed by atoms with E-state index in [1.807, 2.05) is 0 Å². The number of hydrazine groups is 2. The largest absolute Gasteiger partial charge is 0.463 e. The highest BCUT2D eigenvalue weighted by Crippen LogP contribution is 2.07. The van der Waals surface area contributed by atoms with Crippen LogP contribution in [0, 0.1) is 0 Å². The van der Waals surface area contributed by atoms with E-state index in [1.165, 1.54) is 13.8 Å². The van der Waals surface area contributed by atoms with Crippen LogP contribution >= 0.6 is 0 Å². The zero-order valence-corrected chi connectivity index (χ0v) is 11.7. The molecule has 0 aromatic heterocycles. The third-order valence-corrected chi connectivity index (χ3v) is 1.71. The average molecular weight is 296 g/mol. The molecule has 20 heavy (non-hydrogen) atoms. The van der Waals surface area contributed by atoms with Crippen LogP contribution < -0.4 is 23.0 Å². The number of rotatable bonds is 6. The molecule has 0 radical (unpaired) electrons. The highest BCUT2D eigenvalue weighted by Gasteiger charge is 2.23. The first-order valence-corrected chi connectivity index (χ1v) is 5.78. The zero-order valence-electron chi connectivity index (χ0n) is 11.7. The van der Waals surface area contributed by atoms with Crippen molar-refractivity contribution < 1.29 is 28.9 Å². The number of aliphatic hydroxyl groups excluding tert-OH is 1. The molecule has 1 aliphatic rings. The van der Waals surface area contributed by atoms with Crippen LogP contribution in [0.5, 0.6) is 0 Å². The number of ether oxygens (including phenoxy) is 3. The second-order valence-corrected chi connectivity index (χ2v) is 3.62. The number of nitrogens with two attached hydrogens (primary N) is 3. The predicted octanol–water partition coefficient (Wildman–Crippen LogP) is -2.86. The molecular formula is C10H24N4O6. The van der Waals surface area contributed by atoms with E-state index in [0.29, 0.717) is 6.61 Å². The van der Waals surface area contributed by atoms with Crippen molar-refractivity contribution >= 4 is 11.9 Å². The summed E-state index contributed by atoms with van der Waals surface area (Å²) in [6.07, 6.45) is -0.534. The van der Waals surface area contributed by atoms with Gasteiger partial charge in [-0.05, 0) is 0 Å². The van der Waals surface area contributed by atoms with Crippen molar-refractivity contribution in [2.24, 2.45) is 17.5 Å². The molecule has 0 amide bonds. The van der Waals surface area contributed by atoms with Gasteiger partial charge in [-0.15, -0.1) is 0 Å². The molecule has 10 heteroatoms. The number of carbonyl (C=O) groups is 2. The number of esters is 2. The topological polar surface area (TPSA) is 175 Å². The molecule has 10 nitrogen and oxygen atoms in total. The summed E-state index contributed by atoms with van der Waals surface area (Å²) in [5.74, 6) is 12.2. The van der Waals surface area contributed by atoms with Gasteiger partial charge in [0.2, 0.25) is 0 Å². The number of aliphatic hydroxyl groups is 1. The van der Waals surface area contributed by atoms with E-state index in [2.05, 4.69) is 26.6 Å². The van der Waals surface area contributed by atoms with Crippen LogP contribution in [-0.4, -0.2) is 55.6 Å². The molecule has 1 heterocycles. The maximum Gasteiger partial charge on any atom is 0.302 e. The molecule has 0 aromatic carbocycles. The van der Waals surface area contributed by atoms with Crippen molar-refractivity contribution in [3.8, 4) is 0 Å². The minimum atomic E-state index is -0.728. The first kappa shape index (κ1) is 21.0. The summed E-state index contributed by atoms with van der Waals surface area (Å²) in [4.78, 5) is 20.3. The highest BCUT2D eigenvalue weighted by atomic mass is 16.6. The summed E-state index contributed by atoms with van der Waals surface area (Å²) < 4.78 is 13.9. The Morgan fingerprint density at radius 1 is 1.35 bits per heavy atom. The van der Waals surface area contributed by atoms with Crippen molar-refractivity contribution in [1.82, 2.24) is 5.43 Å². The molecular weight excluding hydrogens is 272 g/mol. The van der Waals surface area contributed by atoms with Gasteiger partial charge >= 0.3 is 11.9 Å². The third kappa shape index (κ3) is 19.0. The van der Waals surface area contributed by atoms with Gasteiger partial charge in [0.15, 0.2) is 0 Å². The first-order chi connectivity index (χ1) is 9.45. The van der Waals surface area contributed by atoms with E-state index in [9.17, 15) is 9.59 Å². The van der Waals surface area contributed by atoms with Crippen LogP contribution in [0.1, 0.15) is 13.8 Å². The number of nitrogens with one attached hydrogen (secondary N) is 1. The van der Waals surface area contributed by atoms with Gasteiger partial charge in [-0.25, -0.2) is 0 Å². The Hall–Kier alpha value is -1.30. The van der Waals surface area contributed by atoms with Gasteiger partial charge in [0.25, 0.3) is 0 Å². The normalized spacial score (nSPS) is 16.6. The van der Waals surface area contributed by atoms with Crippen LogP contribution in [0.3, 0.4) is 0 Å². The molecule has 120 valence electrons. The lowest BCUT2D eigenvalue weighted by Gasteiger charge is -2.08. The molecule has 0 saturated carbocycles. The second kappa shape index (κ2) is 14.1. The Morgan fingerprint density at radius 2 is 1.85 bits per heavy atom. The lowest BCUT2D eigenvalue weighted by atomic mass is 10.4. The van der Waals surface area contributed by atoms with Gasteiger partial charge in [0.05, 0.1) is 6.61 Å². The van der Waals surface area contributed by atoms with E-state index in [4.69, 9.17) is 15.7 Å². The summed E-state index contributed by atoms with van der Waals surface area (Å²) in [5, 5.41) is 8.88. The Bertz CT molecular complexity index is 262. The smallest absolute Gasteiger partial charge is 0.302 e. The minimum absolute atomic E-state index is 0.0144. The van der Waals surface area contributed by atoms with Crippen LogP contribution in [0.4, 0.5) is 0 Å². The summed E-state index contributed by atoms with van der Waals surface area (Å²) >= 11 is 0. The molecule has 2 unspecified atom stereocenters. The Morgan fingerprint density at radius 3 is 2.20 bits per heavy atom. The summed E-state index contributed by atoms with van der Waals surface area (Å²) in [6.45, 7) is 4.04. The van der Waals surface area contributed by atoms with Crippen molar-refractivity contribution in [3.05, 3.63) is 0 Å². The van der Waals surface area contributed by atoms with Crippen molar-refractivity contribution in [1.29, 1.82) is 0 Å². The Balaban J connectivity index is 0. The van der Waals surface area contributed by atoms with Crippen LogP contribution in [0.25, 0.3) is 0 Å². The molecule has 1 saturated heterocycles. The van der Waals surface area contributed by atoms with Crippen LogP contribution in [0.2, 0.25) is 0 Å². The maximum absolute atomic E-state index is 10.2. The molecule has 0 bridgehead atoms. The van der Waals surface area contributed by atoms with Crippen molar-refractivity contribution in [3.63, 3.8) is 0 Å². The first-order valence-electron chi connectivity index (χ1n) is 5.78. The van der Waals surface area contributed by atoms with Gasteiger partial charge < -0.3 is 19.3 Å². The monoisotopic (exact) mass is 296 g/mol. The van der Waals surface area contributed by atoms with Crippen LogP contribution in [0.15, 0.2) is 0 Å². The van der Waals surface area contributed by atoms with Crippen LogP contribution in [-0.2, 0) is 23.8 Å². The number of epoxide rings is 1. The fourth-order valence-corrected chi connectivity index (χ4v) is 0.783. The molecule has 1 rings (SSSR count). The molecule has 8 N–H and O–H groups in total. The van der Waals surface area contributed by atoms with Gasteiger partial charge in [0, 0.05) is 20.4 Å². The summed E-state index contributed by atoms with van der Waals surface area (Å²) in [5.41, 5.74) is 2.25. The van der Waals surface area contributed by atoms with E-state index in [-0.39, 0.29) is 25.2 Å². The summed E-state index contributed by atoms with van der Waals surface area (Å²) in [7, 11) is 0. The van der Waals surface area contributed by atoms with Crippen molar-refractivity contribution in [2.75, 3.05) is 26.4 Å². The quantitative estimate of drug-likeness (QED) is 0.148. The Kier molecular flexibility index (Phi) is 14.8. The SMILES string of the molecule is CC(=O)OCC(O)CNN.CC(=O)OCC1CO1.NN. The standard InChI is InChI=1S/C5H12N2O3.C5H8O3.H4N2/c1-4(8)10-3-5(9)2-7-6;1-4(6)7-2-5-3-8-5;1-2/h5,7,9H,2-3,6H2,1H3;5H,2-3H2,1H3;1-2H2. The maximum atomic E-state index is 10.2. The second-order valence-electron chi connectivity index (χ2n) is 3.62. The zero-order chi connectivity index (χ0) is 16.0. The lowest BCUT2D eigenvalue weighted by molar-refractivity contribution is -0.144. The van der Waals surface area contributed by atoms with Gasteiger partial charge in [0.1, 0.15) is 25.4 Å².